The minimum Gasteiger partial charge on any atom is -0.496 e. The van der Waals surface area contributed by atoms with Gasteiger partial charge < -0.3 is 9.64 Å². The second-order valence-corrected chi connectivity index (χ2v) is 10.3. The maximum atomic E-state index is 12.9. The average molecular weight is 511 g/mol. The number of alkyl halides is 3. The van der Waals surface area contributed by atoms with Gasteiger partial charge in [-0.15, -0.1) is 0 Å². The summed E-state index contributed by atoms with van der Waals surface area (Å²) >= 11 is 0. The molecule has 2 aliphatic heterocycles. The monoisotopic (exact) mass is 510 g/mol. The molecule has 0 spiro atoms. The van der Waals surface area contributed by atoms with E-state index in [1.165, 1.54) is 32.1 Å². The van der Waals surface area contributed by atoms with Gasteiger partial charge in [0.05, 0.1) is 24.4 Å². The molecule has 9 heteroatoms. The van der Waals surface area contributed by atoms with Crippen molar-refractivity contribution in [2.24, 2.45) is 5.92 Å². The van der Waals surface area contributed by atoms with Crippen LogP contribution in [0.15, 0.2) is 42.7 Å². The third kappa shape index (κ3) is 4.84. The van der Waals surface area contributed by atoms with Crippen molar-refractivity contribution in [3.63, 3.8) is 0 Å². The van der Waals surface area contributed by atoms with Crippen LogP contribution >= 0.6 is 0 Å². The van der Waals surface area contributed by atoms with E-state index in [4.69, 9.17) is 4.74 Å². The summed E-state index contributed by atoms with van der Waals surface area (Å²) in [7, 11) is 1.43. The van der Waals surface area contributed by atoms with E-state index >= 15 is 0 Å². The third-order valence-electron chi connectivity index (χ3n) is 7.63. The molecule has 0 saturated heterocycles. The number of methoxy groups -OCH3 is 1. The summed E-state index contributed by atoms with van der Waals surface area (Å²) in [5.41, 5.74) is 6.01. The van der Waals surface area contributed by atoms with Crippen LogP contribution in [-0.4, -0.2) is 71.3 Å². The Hall–Kier alpha value is -3.33. The highest BCUT2D eigenvalue weighted by atomic mass is 19.4. The number of halogens is 3. The van der Waals surface area contributed by atoms with Crippen molar-refractivity contribution in [2.75, 3.05) is 39.8 Å². The molecular weight excluding hydrogens is 481 g/mol. The predicted octanol–water partition coefficient (Wildman–Crippen LogP) is 5.07. The van der Waals surface area contributed by atoms with Crippen molar-refractivity contribution in [3.8, 4) is 16.9 Å². The Morgan fingerprint density at radius 3 is 2.65 bits per heavy atom. The Labute approximate surface area is 213 Å². The van der Waals surface area contributed by atoms with Gasteiger partial charge in [-0.1, -0.05) is 12.1 Å². The average Bonchev–Trinajstić information content (AvgIpc) is 3.59. The summed E-state index contributed by atoms with van der Waals surface area (Å²) in [5, 5.41) is 4.59. The zero-order valence-electron chi connectivity index (χ0n) is 20.7. The van der Waals surface area contributed by atoms with Gasteiger partial charge in [0.1, 0.15) is 12.3 Å². The lowest BCUT2D eigenvalue weighted by atomic mass is 9.93. The van der Waals surface area contributed by atoms with E-state index in [0.717, 1.165) is 52.5 Å². The molecule has 1 fully saturated rings. The molecule has 2 aromatic heterocycles. The Morgan fingerprint density at radius 2 is 1.95 bits per heavy atom. The number of ether oxygens (including phenoxy) is 1. The van der Waals surface area contributed by atoms with Crippen molar-refractivity contribution in [1.82, 2.24) is 19.4 Å². The molecule has 1 aromatic carbocycles. The van der Waals surface area contributed by atoms with Gasteiger partial charge in [0, 0.05) is 37.9 Å². The van der Waals surface area contributed by atoms with Crippen molar-refractivity contribution in [3.05, 3.63) is 59.4 Å². The fourth-order valence-corrected chi connectivity index (χ4v) is 5.51. The Bertz CT molecular complexity index is 1370. The van der Waals surface area contributed by atoms with E-state index < -0.39 is 18.6 Å². The molecule has 0 unspecified atom stereocenters. The van der Waals surface area contributed by atoms with E-state index in [2.05, 4.69) is 34.4 Å². The molecule has 3 aromatic rings. The van der Waals surface area contributed by atoms with Crippen molar-refractivity contribution in [2.45, 2.75) is 31.9 Å². The van der Waals surface area contributed by atoms with Gasteiger partial charge in [0.2, 0.25) is 0 Å². The molecule has 0 atom stereocenters. The number of aromatic nitrogens is 2. The van der Waals surface area contributed by atoms with Crippen molar-refractivity contribution < 1.29 is 22.7 Å². The first-order chi connectivity index (χ1) is 17.8. The van der Waals surface area contributed by atoms with Crippen LogP contribution < -0.4 is 4.74 Å². The van der Waals surface area contributed by atoms with Gasteiger partial charge in [0.15, 0.2) is 0 Å². The smallest absolute Gasteiger partial charge is 0.406 e. The Morgan fingerprint density at radius 1 is 1.11 bits per heavy atom. The standard InChI is InChI=1S/C28H29F3N4O2/c1-37-25-13-22(12-20-8-11-34(17-28(29,30)31)27(36)26(20)25)23-14-32-35-16-21(4-5-24(23)35)19-6-9-33(10-7-19)15-18-2-3-18/h4-6,12-14,16,18H,2-3,7-11,15,17H2,1H3. The molecule has 1 amide bonds. The topological polar surface area (TPSA) is 50.1 Å². The molecule has 6 rings (SSSR count). The van der Waals surface area contributed by atoms with Crippen LogP contribution in [0.2, 0.25) is 0 Å². The van der Waals surface area contributed by atoms with Crippen LogP contribution in [0, 0.1) is 5.92 Å². The molecular formula is C28H29F3N4O2. The summed E-state index contributed by atoms with van der Waals surface area (Å²) in [4.78, 5) is 16.2. The number of hydrogen-bond donors (Lipinski definition) is 0. The zero-order valence-corrected chi connectivity index (χ0v) is 20.7. The van der Waals surface area contributed by atoms with Crippen LogP contribution in [0.25, 0.3) is 22.2 Å². The lowest BCUT2D eigenvalue weighted by Gasteiger charge is -2.30. The fraction of sp³-hybridized carbons (Fsp3) is 0.429. The molecule has 37 heavy (non-hydrogen) atoms. The fourth-order valence-electron chi connectivity index (χ4n) is 5.51. The first-order valence-electron chi connectivity index (χ1n) is 12.8. The third-order valence-corrected chi connectivity index (χ3v) is 7.63. The SMILES string of the molecule is COc1cc(-c2cnn3cc(C4=CCN(CC5CC5)CC4)ccc23)cc2c1C(=O)N(CC(F)(F)F)CC2. The molecule has 194 valence electrons. The second kappa shape index (κ2) is 9.20. The number of carbonyl (C=O) groups is 1. The molecule has 0 N–H and O–H groups in total. The number of pyridine rings is 1. The molecule has 1 saturated carbocycles. The quantitative estimate of drug-likeness (QED) is 0.465. The summed E-state index contributed by atoms with van der Waals surface area (Å²) in [5.74, 6) is 0.527. The van der Waals surface area contributed by atoms with Crippen LogP contribution in [0.3, 0.4) is 0 Å². The van der Waals surface area contributed by atoms with Gasteiger partial charge >= 0.3 is 6.18 Å². The number of rotatable bonds is 6. The maximum Gasteiger partial charge on any atom is 0.406 e. The van der Waals surface area contributed by atoms with E-state index in [1.807, 2.05) is 10.6 Å². The van der Waals surface area contributed by atoms with Crippen molar-refractivity contribution >= 4 is 17.0 Å². The second-order valence-electron chi connectivity index (χ2n) is 10.3. The molecule has 1 aliphatic carbocycles. The molecule has 6 nitrogen and oxygen atoms in total. The summed E-state index contributed by atoms with van der Waals surface area (Å²) in [6.45, 7) is 2.04. The zero-order chi connectivity index (χ0) is 25.7. The minimum atomic E-state index is -4.44. The number of fused-ring (bicyclic) bond motifs is 2. The highest BCUT2D eigenvalue weighted by Gasteiger charge is 2.37. The number of nitrogens with zero attached hydrogens (tertiary/aromatic N) is 4. The molecule has 4 heterocycles. The number of benzene rings is 1. The lowest BCUT2D eigenvalue weighted by Crippen LogP contribution is -2.43. The first-order valence-corrected chi connectivity index (χ1v) is 12.8. The van der Waals surface area contributed by atoms with E-state index in [0.29, 0.717) is 12.0 Å². The predicted molar refractivity (Wildman–Crippen MR) is 135 cm³/mol. The highest BCUT2D eigenvalue weighted by molar-refractivity contribution is 6.00. The first kappa shape index (κ1) is 24.0. The van der Waals surface area contributed by atoms with Crippen LogP contribution in [-0.2, 0) is 6.42 Å². The van der Waals surface area contributed by atoms with Crippen LogP contribution in [0.1, 0.15) is 40.7 Å². The summed E-state index contributed by atoms with van der Waals surface area (Å²) in [6.07, 6.45) is 5.81. The van der Waals surface area contributed by atoms with Crippen molar-refractivity contribution in [1.29, 1.82) is 0 Å². The minimum absolute atomic E-state index is 0.0171. The van der Waals surface area contributed by atoms with Crippen LogP contribution in [0.4, 0.5) is 13.2 Å². The normalized spacial score (nSPS) is 18.8. The molecule has 3 aliphatic rings. The molecule has 0 bridgehead atoms. The van der Waals surface area contributed by atoms with E-state index in [1.54, 1.807) is 12.3 Å². The Kier molecular flexibility index (Phi) is 5.98. The summed E-state index contributed by atoms with van der Waals surface area (Å²) < 4.78 is 46.2. The van der Waals surface area contributed by atoms with Gasteiger partial charge in [-0.3, -0.25) is 9.69 Å². The number of carbonyl (C=O) groups excluding carboxylic acids is 1. The largest absolute Gasteiger partial charge is 0.496 e. The highest BCUT2D eigenvalue weighted by Crippen LogP contribution is 2.37. The van der Waals surface area contributed by atoms with Gasteiger partial charge in [-0.25, -0.2) is 4.52 Å². The molecule has 0 radical (unpaired) electrons. The maximum absolute atomic E-state index is 12.9. The number of hydrogen-bond acceptors (Lipinski definition) is 4. The van der Waals surface area contributed by atoms with Gasteiger partial charge in [0.25, 0.3) is 5.91 Å². The van der Waals surface area contributed by atoms with Gasteiger partial charge in [-0.05, 0) is 72.1 Å². The Balaban J connectivity index is 1.28. The van der Waals surface area contributed by atoms with E-state index in [-0.39, 0.29) is 17.9 Å². The van der Waals surface area contributed by atoms with E-state index in [9.17, 15) is 18.0 Å². The van der Waals surface area contributed by atoms with Crippen LogP contribution in [0.5, 0.6) is 5.75 Å². The lowest BCUT2D eigenvalue weighted by molar-refractivity contribution is -0.141. The summed E-state index contributed by atoms with van der Waals surface area (Å²) in [6, 6.07) is 7.77. The number of amides is 1. The van der Waals surface area contributed by atoms with Gasteiger partial charge in [-0.2, -0.15) is 18.3 Å².